The van der Waals surface area contributed by atoms with E-state index in [2.05, 4.69) is 31.7 Å². The second kappa shape index (κ2) is 9.90. The highest BCUT2D eigenvalue weighted by Gasteiger charge is 2.11. The van der Waals surface area contributed by atoms with Crippen LogP contribution in [-0.4, -0.2) is 27.6 Å². The lowest BCUT2D eigenvalue weighted by atomic mass is 10.1. The van der Waals surface area contributed by atoms with Gasteiger partial charge in [0.25, 0.3) is 5.91 Å². The summed E-state index contributed by atoms with van der Waals surface area (Å²) >= 11 is 0. The van der Waals surface area contributed by atoms with E-state index in [1.807, 2.05) is 66.7 Å². The van der Waals surface area contributed by atoms with Gasteiger partial charge in [0, 0.05) is 17.3 Å². The topological polar surface area (TPSA) is 82.7 Å². The molecule has 0 saturated carbocycles. The molecule has 0 aliphatic carbocycles. The molecular formula is C25H23N5O. The first-order valence-corrected chi connectivity index (χ1v) is 9.39. The van der Waals surface area contributed by atoms with Gasteiger partial charge >= 0.3 is 0 Å². The summed E-state index contributed by atoms with van der Waals surface area (Å²) < 4.78 is 0. The largest absolute Gasteiger partial charge is 0.355 e. The SMILES string of the molecule is C.C#CCNC(=O)c1ccccc1Nc1ccc2c(/C=C/c3ccccn3)n[nH]c2c1. The van der Waals surface area contributed by atoms with Crippen LogP contribution in [0.2, 0.25) is 0 Å². The number of hydrogen-bond acceptors (Lipinski definition) is 4. The Labute approximate surface area is 181 Å². The Hall–Kier alpha value is -4.37. The molecule has 6 heteroatoms. The van der Waals surface area contributed by atoms with Crippen LogP contribution in [0.3, 0.4) is 0 Å². The summed E-state index contributed by atoms with van der Waals surface area (Å²) in [4.78, 5) is 16.6. The van der Waals surface area contributed by atoms with Crippen molar-refractivity contribution in [1.82, 2.24) is 20.5 Å². The van der Waals surface area contributed by atoms with Gasteiger partial charge in [0.05, 0.1) is 34.7 Å². The lowest BCUT2D eigenvalue weighted by molar-refractivity contribution is 0.0959. The Morgan fingerprint density at radius 2 is 1.94 bits per heavy atom. The van der Waals surface area contributed by atoms with Crippen molar-refractivity contribution in [1.29, 1.82) is 0 Å². The van der Waals surface area contributed by atoms with Gasteiger partial charge in [-0.25, -0.2) is 0 Å². The lowest BCUT2D eigenvalue weighted by Gasteiger charge is -2.11. The molecule has 154 valence electrons. The third-order valence-electron chi connectivity index (χ3n) is 4.49. The third kappa shape index (κ3) is 4.98. The van der Waals surface area contributed by atoms with Crippen molar-refractivity contribution in [3.63, 3.8) is 0 Å². The van der Waals surface area contributed by atoms with Crippen LogP contribution in [0.15, 0.2) is 66.9 Å². The molecule has 0 radical (unpaired) electrons. The average Bonchev–Trinajstić information content (AvgIpc) is 3.19. The number of aromatic amines is 1. The molecule has 0 unspecified atom stereocenters. The van der Waals surface area contributed by atoms with Crippen molar-refractivity contribution in [2.75, 3.05) is 11.9 Å². The third-order valence-corrected chi connectivity index (χ3v) is 4.49. The average molecular weight is 409 g/mol. The highest BCUT2D eigenvalue weighted by Crippen LogP contribution is 2.26. The van der Waals surface area contributed by atoms with Crippen molar-refractivity contribution in [3.05, 3.63) is 83.8 Å². The van der Waals surface area contributed by atoms with Crippen LogP contribution >= 0.6 is 0 Å². The molecule has 0 atom stereocenters. The van der Waals surface area contributed by atoms with Gasteiger partial charge in [-0.1, -0.05) is 31.5 Å². The number of anilines is 2. The second-order valence-electron chi connectivity index (χ2n) is 6.51. The number of rotatable bonds is 6. The maximum atomic E-state index is 12.3. The maximum absolute atomic E-state index is 12.3. The highest BCUT2D eigenvalue weighted by molar-refractivity contribution is 6.00. The number of pyridine rings is 1. The summed E-state index contributed by atoms with van der Waals surface area (Å²) in [5.74, 6) is 2.19. The van der Waals surface area contributed by atoms with Gasteiger partial charge in [0.1, 0.15) is 0 Å². The Morgan fingerprint density at radius 3 is 2.74 bits per heavy atom. The van der Waals surface area contributed by atoms with Crippen molar-refractivity contribution in [3.8, 4) is 12.3 Å². The normalized spacial score (nSPS) is 10.4. The smallest absolute Gasteiger partial charge is 0.254 e. The van der Waals surface area contributed by atoms with Gasteiger partial charge in [-0.3, -0.25) is 14.9 Å². The van der Waals surface area contributed by atoms with E-state index in [1.165, 1.54) is 0 Å². The van der Waals surface area contributed by atoms with Gasteiger partial charge in [-0.2, -0.15) is 5.10 Å². The summed E-state index contributed by atoms with van der Waals surface area (Å²) in [5.41, 5.74) is 4.64. The van der Waals surface area contributed by atoms with E-state index in [-0.39, 0.29) is 19.9 Å². The summed E-state index contributed by atoms with van der Waals surface area (Å²) in [6, 6.07) is 18.9. The Balaban J connectivity index is 0.00000272. The van der Waals surface area contributed by atoms with Crippen LogP contribution in [-0.2, 0) is 0 Å². The fourth-order valence-corrected chi connectivity index (χ4v) is 3.06. The molecule has 2 heterocycles. The van der Waals surface area contributed by atoms with Crippen molar-refractivity contribution in [2.45, 2.75) is 7.43 Å². The van der Waals surface area contributed by atoms with Crippen LogP contribution in [0.25, 0.3) is 23.1 Å². The van der Waals surface area contributed by atoms with Gasteiger partial charge in [-0.15, -0.1) is 6.42 Å². The number of fused-ring (bicyclic) bond motifs is 1. The quantitative estimate of drug-likeness (QED) is 0.397. The van der Waals surface area contributed by atoms with Gasteiger partial charge in [0.15, 0.2) is 0 Å². The number of terminal acetylenes is 1. The molecule has 0 saturated heterocycles. The van der Waals surface area contributed by atoms with Crippen LogP contribution < -0.4 is 10.6 Å². The molecule has 0 aliphatic heterocycles. The number of nitrogens with one attached hydrogen (secondary N) is 3. The van der Waals surface area contributed by atoms with Crippen LogP contribution in [0.1, 0.15) is 29.2 Å². The number of carbonyl (C=O) groups is 1. The zero-order valence-corrected chi connectivity index (χ0v) is 16.1. The minimum Gasteiger partial charge on any atom is -0.355 e. The molecule has 0 spiro atoms. The summed E-state index contributed by atoms with van der Waals surface area (Å²) in [7, 11) is 0. The summed E-state index contributed by atoms with van der Waals surface area (Å²) in [6.07, 6.45) is 10.8. The van der Waals surface area contributed by atoms with Crippen molar-refractivity contribution in [2.24, 2.45) is 0 Å². The first-order valence-electron chi connectivity index (χ1n) is 9.39. The number of nitrogens with zero attached hydrogens (tertiary/aromatic N) is 2. The van der Waals surface area contributed by atoms with E-state index in [0.29, 0.717) is 11.3 Å². The second-order valence-corrected chi connectivity index (χ2v) is 6.51. The number of para-hydroxylation sites is 1. The fourth-order valence-electron chi connectivity index (χ4n) is 3.06. The van der Waals surface area contributed by atoms with Crippen LogP contribution in [0.5, 0.6) is 0 Å². The Morgan fingerprint density at radius 1 is 1.10 bits per heavy atom. The predicted octanol–water partition coefficient (Wildman–Crippen LogP) is 4.87. The van der Waals surface area contributed by atoms with E-state index in [0.717, 1.165) is 28.0 Å². The number of aromatic nitrogens is 3. The zero-order valence-electron chi connectivity index (χ0n) is 16.1. The van der Waals surface area contributed by atoms with E-state index < -0.39 is 0 Å². The molecule has 6 nitrogen and oxygen atoms in total. The number of carbonyl (C=O) groups excluding carboxylic acids is 1. The van der Waals surface area contributed by atoms with Crippen LogP contribution in [0.4, 0.5) is 11.4 Å². The molecule has 1 amide bonds. The van der Waals surface area contributed by atoms with E-state index in [4.69, 9.17) is 6.42 Å². The fraction of sp³-hybridized carbons (Fsp3) is 0.0800. The van der Waals surface area contributed by atoms with Crippen LogP contribution in [0, 0.1) is 12.3 Å². The molecule has 4 aromatic rings. The first-order chi connectivity index (χ1) is 14.7. The first kappa shape index (κ1) is 21.3. The van der Waals surface area contributed by atoms with E-state index >= 15 is 0 Å². The highest BCUT2D eigenvalue weighted by atomic mass is 16.1. The molecule has 0 aliphatic rings. The Bertz CT molecular complexity index is 1250. The van der Waals surface area contributed by atoms with Gasteiger partial charge in [-0.05, 0) is 54.6 Å². The van der Waals surface area contributed by atoms with Crippen molar-refractivity contribution < 1.29 is 4.79 Å². The standard InChI is InChI=1S/C24H19N5O.CH4/c1-2-14-26-24(30)20-8-3-4-9-21(20)27-18-10-12-19-22(28-29-23(19)16-18)13-11-17-7-5-6-15-25-17;/h1,3-13,15-16,27H,14H2,(H,26,30)(H,28,29);1H4/b13-11+;. The van der Waals surface area contributed by atoms with Gasteiger partial charge < -0.3 is 10.6 Å². The maximum Gasteiger partial charge on any atom is 0.254 e. The molecule has 2 aromatic heterocycles. The number of amides is 1. The monoisotopic (exact) mass is 409 g/mol. The molecule has 2 aromatic carbocycles. The minimum absolute atomic E-state index is 0. The lowest BCUT2D eigenvalue weighted by Crippen LogP contribution is -2.24. The van der Waals surface area contributed by atoms with Crippen molar-refractivity contribution >= 4 is 40.3 Å². The minimum atomic E-state index is -0.222. The predicted molar refractivity (Wildman–Crippen MR) is 127 cm³/mol. The molecule has 4 rings (SSSR count). The van der Waals surface area contributed by atoms with E-state index in [1.54, 1.807) is 12.3 Å². The van der Waals surface area contributed by atoms with E-state index in [9.17, 15) is 4.79 Å². The molecule has 31 heavy (non-hydrogen) atoms. The summed E-state index contributed by atoms with van der Waals surface area (Å²) in [6.45, 7) is 0.183. The molecule has 0 bridgehead atoms. The molecule has 0 fully saturated rings. The Kier molecular flexibility index (Phi) is 6.82. The number of H-pyrrole nitrogens is 1. The molecular weight excluding hydrogens is 386 g/mol. The molecule has 3 N–H and O–H groups in total. The summed E-state index contributed by atoms with van der Waals surface area (Å²) in [5, 5.41) is 14.4. The number of hydrogen-bond donors (Lipinski definition) is 3. The zero-order chi connectivity index (χ0) is 20.8. The number of benzene rings is 2. The van der Waals surface area contributed by atoms with Gasteiger partial charge in [0.2, 0.25) is 0 Å².